The first-order chi connectivity index (χ1) is 12.2. The maximum atomic E-state index is 6.32. The van der Waals surface area contributed by atoms with Crippen LogP contribution < -0.4 is 14.8 Å². The number of aryl methyl sites for hydroxylation is 1. The van der Waals surface area contributed by atoms with Gasteiger partial charge in [-0.25, -0.2) is 0 Å². The zero-order chi connectivity index (χ0) is 17.6. The molecule has 7 heteroatoms. The van der Waals surface area contributed by atoms with E-state index in [9.17, 15) is 0 Å². The van der Waals surface area contributed by atoms with Gasteiger partial charge < -0.3 is 19.4 Å². The van der Waals surface area contributed by atoms with Crippen LogP contribution >= 0.6 is 11.6 Å². The predicted octanol–water partition coefficient (Wildman–Crippen LogP) is 3.36. The quantitative estimate of drug-likeness (QED) is 0.816. The van der Waals surface area contributed by atoms with Crippen LogP contribution in [-0.2, 0) is 26.1 Å². The van der Waals surface area contributed by atoms with Crippen molar-refractivity contribution < 1.29 is 9.47 Å². The lowest BCUT2D eigenvalue weighted by atomic mass is 10.2. The van der Waals surface area contributed by atoms with Gasteiger partial charge in [0.25, 0.3) is 0 Å². The standard InChI is InChI=1S/C18H25ClN4O2/c1-3-25-18-14(19)9-13(10-15(18)24-2)11-20-12-17-22-21-16-7-5-4-6-8-23(16)17/h9-10,20H,3-8,11-12H2,1-2H3. The van der Waals surface area contributed by atoms with Gasteiger partial charge in [-0.15, -0.1) is 10.2 Å². The highest BCUT2D eigenvalue weighted by atomic mass is 35.5. The Kier molecular flexibility index (Phi) is 6.15. The van der Waals surface area contributed by atoms with E-state index in [1.165, 1.54) is 19.3 Å². The van der Waals surface area contributed by atoms with E-state index in [4.69, 9.17) is 21.1 Å². The van der Waals surface area contributed by atoms with E-state index in [0.717, 1.165) is 30.2 Å². The molecule has 0 fully saturated rings. The molecule has 3 rings (SSSR count). The molecular weight excluding hydrogens is 340 g/mol. The normalized spacial score (nSPS) is 14.0. The van der Waals surface area contributed by atoms with Gasteiger partial charge in [0, 0.05) is 19.5 Å². The van der Waals surface area contributed by atoms with Gasteiger partial charge >= 0.3 is 0 Å². The summed E-state index contributed by atoms with van der Waals surface area (Å²) in [6, 6.07) is 3.86. The van der Waals surface area contributed by atoms with E-state index in [-0.39, 0.29) is 0 Å². The summed E-state index contributed by atoms with van der Waals surface area (Å²) >= 11 is 6.32. The molecule has 1 aliphatic heterocycles. The molecule has 2 heterocycles. The van der Waals surface area contributed by atoms with E-state index in [1.807, 2.05) is 19.1 Å². The number of nitrogens with zero attached hydrogens (tertiary/aromatic N) is 3. The smallest absolute Gasteiger partial charge is 0.179 e. The molecule has 0 atom stereocenters. The van der Waals surface area contributed by atoms with Crippen molar-refractivity contribution >= 4 is 11.6 Å². The minimum Gasteiger partial charge on any atom is -0.493 e. The molecule has 6 nitrogen and oxygen atoms in total. The third kappa shape index (κ3) is 4.25. The lowest BCUT2D eigenvalue weighted by molar-refractivity contribution is 0.311. The molecule has 0 saturated heterocycles. The molecule has 0 unspecified atom stereocenters. The number of methoxy groups -OCH3 is 1. The molecule has 1 aromatic heterocycles. The molecule has 0 aliphatic carbocycles. The van der Waals surface area contributed by atoms with Crippen LogP contribution in [0, 0.1) is 0 Å². The van der Waals surface area contributed by atoms with Crippen LogP contribution in [0.15, 0.2) is 12.1 Å². The van der Waals surface area contributed by atoms with E-state index in [1.54, 1.807) is 7.11 Å². The highest BCUT2D eigenvalue weighted by Gasteiger charge is 2.15. The third-order valence-corrected chi connectivity index (χ3v) is 4.66. The van der Waals surface area contributed by atoms with Crippen molar-refractivity contribution in [3.63, 3.8) is 0 Å². The van der Waals surface area contributed by atoms with Crippen LogP contribution in [0.4, 0.5) is 0 Å². The van der Waals surface area contributed by atoms with Gasteiger partial charge in [0.15, 0.2) is 11.5 Å². The molecule has 0 amide bonds. The number of hydrogen-bond acceptors (Lipinski definition) is 5. The lowest BCUT2D eigenvalue weighted by Crippen LogP contribution is -2.17. The second kappa shape index (κ2) is 8.54. The fraction of sp³-hybridized carbons (Fsp3) is 0.556. The van der Waals surface area contributed by atoms with Gasteiger partial charge in [-0.2, -0.15) is 0 Å². The van der Waals surface area contributed by atoms with Crippen molar-refractivity contribution in [1.29, 1.82) is 0 Å². The van der Waals surface area contributed by atoms with Gasteiger partial charge in [-0.1, -0.05) is 18.0 Å². The Morgan fingerprint density at radius 3 is 2.88 bits per heavy atom. The maximum absolute atomic E-state index is 6.32. The number of fused-ring (bicyclic) bond motifs is 1. The Balaban J connectivity index is 1.64. The van der Waals surface area contributed by atoms with E-state index < -0.39 is 0 Å². The number of nitrogens with one attached hydrogen (secondary N) is 1. The van der Waals surface area contributed by atoms with Crippen molar-refractivity contribution in [2.75, 3.05) is 13.7 Å². The summed E-state index contributed by atoms with van der Waals surface area (Å²) in [6.07, 6.45) is 4.69. The van der Waals surface area contributed by atoms with Gasteiger partial charge in [0.05, 0.1) is 25.3 Å². The number of rotatable bonds is 7. The molecule has 1 aromatic carbocycles. The van der Waals surface area contributed by atoms with Crippen LogP contribution in [0.3, 0.4) is 0 Å². The van der Waals surface area contributed by atoms with Crippen molar-refractivity contribution in [1.82, 2.24) is 20.1 Å². The van der Waals surface area contributed by atoms with Gasteiger partial charge in [0.2, 0.25) is 0 Å². The monoisotopic (exact) mass is 364 g/mol. The third-order valence-electron chi connectivity index (χ3n) is 4.38. The Labute approximate surface area is 153 Å². The number of hydrogen-bond donors (Lipinski definition) is 1. The maximum Gasteiger partial charge on any atom is 0.179 e. The van der Waals surface area contributed by atoms with Crippen LogP contribution in [0.1, 0.15) is 43.4 Å². The average molecular weight is 365 g/mol. The highest BCUT2D eigenvalue weighted by molar-refractivity contribution is 6.32. The summed E-state index contributed by atoms with van der Waals surface area (Å²) in [6.45, 7) is 4.84. The first kappa shape index (κ1) is 18.0. The average Bonchev–Trinajstić information content (AvgIpc) is 2.84. The Hall–Kier alpha value is -1.79. The summed E-state index contributed by atoms with van der Waals surface area (Å²) in [5.74, 6) is 3.36. The predicted molar refractivity (Wildman–Crippen MR) is 97.3 cm³/mol. The molecule has 0 spiro atoms. The molecule has 0 radical (unpaired) electrons. The summed E-state index contributed by atoms with van der Waals surface area (Å²) in [4.78, 5) is 0. The van der Waals surface area contributed by atoms with E-state index in [0.29, 0.717) is 36.2 Å². The molecule has 1 aliphatic rings. The van der Waals surface area contributed by atoms with E-state index in [2.05, 4.69) is 20.1 Å². The minimum absolute atomic E-state index is 0.547. The van der Waals surface area contributed by atoms with Crippen molar-refractivity contribution in [3.05, 3.63) is 34.4 Å². The molecule has 2 aromatic rings. The second-order valence-corrected chi connectivity index (χ2v) is 6.55. The molecular formula is C18H25ClN4O2. The van der Waals surface area contributed by atoms with Crippen molar-refractivity contribution in [2.45, 2.75) is 52.2 Å². The Morgan fingerprint density at radius 2 is 2.08 bits per heavy atom. The zero-order valence-corrected chi connectivity index (χ0v) is 15.6. The zero-order valence-electron chi connectivity index (χ0n) is 14.8. The highest BCUT2D eigenvalue weighted by Crippen LogP contribution is 2.36. The van der Waals surface area contributed by atoms with Crippen LogP contribution in [0.25, 0.3) is 0 Å². The summed E-state index contributed by atoms with van der Waals surface area (Å²) in [5, 5.41) is 12.7. The first-order valence-corrected chi connectivity index (χ1v) is 9.21. The fourth-order valence-electron chi connectivity index (χ4n) is 3.15. The topological polar surface area (TPSA) is 61.2 Å². The minimum atomic E-state index is 0.547. The molecule has 1 N–H and O–H groups in total. The van der Waals surface area contributed by atoms with Gasteiger partial charge in [-0.3, -0.25) is 0 Å². The van der Waals surface area contributed by atoms with Gasteiger partial charge in [-0.05, 0) is 37.5 Å². The fourth-order valence-corrected chi connectivity index (χ4v) is 3.44. The number of benzene rings is 1. The summed E-state index contributed by atoms with van der Waals surface area (Å²) in [5.41, 5.74) is 1.04. The summed E-state index contributed by atoms with van der Waals surface area (Å²) < 4.78 is 13.2. The molecule has 25 heavy (non-hydrogen) atoms. The summed E-state index contributed by atoms with van der Waals surface area (Å²) in [7, 11) is 1.62. The number of aromatic nitrogens is 3. The Morgan fingerprint density at radius 1 is 1.20 bits per heavy atom. The van der Waals surface area contributed by atoms with E-state index >= 15 is 0 Å². The van der Waals surface area contributed by atoms with Gasteiger partial charge in [0.1, 0.15) is 11.6 Å². The lowest BCUT2D eigenvalue weighted by Gasteiger charge is -2.13. The SMILES string of the molecule is CCOc1c(Cl)cc(CNCc2nnc3n2CCCCC3)cc1OC. The van der Waals surface area contributed by atoms with Crippen molar-refractivity contribution in [2.24, 2.45) is 0 Å². The first-order valence-electron chi connectivity index (χ1n) is 8.83. The largest absolute Gasteiger partial charge is 0.493 e. The van der Waals surface area contributed by atoms with Crippen LogP contribution in [-0.4, -0.2) is 28.5 Å². The number of halogens is 1. The number of ether oxygens (including phenoxy) is 2. The Bertz CT molecular complexity index is 717. The van der Waals surface area contributed by atoms with Crippen LogP contribution in [0.2, 0.25) is 5.02 Å². The second-order valence-electron chi connectivity index (χ2n) is 6.14. The molecule has 0 saturated carbocycles. The molecule has 0 bridgehead atoms. The van der Waals surface area contributed by atoms with Crippen molar-refractivity contribution in [3.8, 4) is 11.5 Å². The van der Waals surface area contributed by atoms with Crippen LogP contribution in [0.5, 0.6) is 11.5 Å². The molecule has 136 valence electrons.